The number of benzene rings is 1. The minimum atomic E-state index is -0.0663. The number of aryl methyl sites for hydroxylation is 1. The molecular formula is C16H26O. The van der Waals surface area contributed by atoms with E-state index in [1.54, 1.807) is 0 Å². The maximum absolute atomic E-state index is 6.03. The van der Waals surface area contributed by atoms with Crippen LogP contribution in [0.3, 0.4) is 0 Å². The molecule has 1 aromatic rings. The van der Waals surface area contributed by atoms with Crippen molar-refractivity contribution in [3.05, 3.63) is 35.4 Å². The second-order valence-electron chi connectivity index (χ2n) is 6.77. The van der Waals surface area contributed by atoms with E-state index in [0.29, 0.717) is 12.0 Å². The third kappa shape index (κ3) is 5.88. The van der Waals surface area contributed by atoms with E-state index in [-0.39, 0.29) is 5.60 Å². The summed E-state index contributed by atoms with van der Waals surface area (Å²) in [5.74, 6) is 0. The molecule has 1 aromatic carbocycles. The molecule has 0 saturated heterocycles. The first-order valence-corrected chi connectivity index (χ1v) is 6.37. The van der Waals surface area contributed by atoms with Gasteiger partial charge in [0.2, 0.25) is 0 Å². The average Bonchev–Trinajstić information content (AvgIpc) is 2.13. The van der Waals surface area contributed by atoms with Crippen molar-refractivity contribution in [3.63, 3.8) is 0 Å². The molecule has 0 unspecified atom stereocenters. The predicted molar refractivity (Wildman–Crippen MR) is 74.1 cm³/mol. The summed E-state index contributed by atoms with van der Waals surface area (Å²) in [7, 11) is 0. The molecule has 0 spiro atoms. The summed E-state index contributed by atoms with van der Waals surface area (Å²) in [4.78, 5) is 0. The van der Waals surface area contributed by atoms with E-state index in [2.05, 4.69) is 65.8 Å². The summed E-state index contributed by atoms with van der Waals surface area (Å²) in [6.07, 6.45) is 1.06. The van der Waals surface area contributed by atoms with Crippen LogP contribution in [-0.4, -0.2) is 5.60 Å². The van der Waals surface area contributed by atoms with Crippen LogP contribution < -0.4 is 0 Å². The van der Waals surface area contributed by atoms with Gasteiger partial charge in [-0.05, 0) is 38.2 Å². The lowest BCUT2D eigenvalue weighted by Gasteiger charge is -2.32. The maximum Gasteiger partial charge on any atom is 0.0724 e. The zero-order valence-corrected chi connectivity index (χ0v) is 12.1. The fourth-order valence-corrected chi connectivity index (χ4v) is 2.29. The Balaban J connectivity index is 2.52. The topological polar surface area (TPSA) is 9.23 Å². The molecule has 0 bridgehead atoms. The Morgan fingerprint density at radius 1 is 0.941 bits per heavy atom. The lowest BCUT2D eigenvalue weighted by atomic mass is 9.83. The molecular weight excluding hydrogens is 208 g/mol. The Hall–Kier alpha value is -0.820. The zero-order chi connectivity index (χ0) is 13.1. The van der Waals surface area contributed by atoms with Gasteiger partial charge in [0.15, 0.2) is 0 Å². The van der Waals surface area contributed by atoms with E-state index in [0.717, 1.165) is 6.42 Å². The Kier molecular flexibility index (Phi) is 4.37. The van der Waals surface area contributed by atoms with Gasteiger partial charge in [0, 0.05) is 0 Å². The summed E-state index contributed by atoms with van der Waals surface area (Å²) < 4.78 is 6.03. The summed E-state index contributed by atoms with van der Waals surface area (Å²) >= 11 is 0. The minimum absolute atomic E-state index is 0.0663. The van der Waals surface area contributed by atoms with Crippen LogP contribution in [0.25, 0.3) is 0 Å². The zero-order valence-electron chi connectivity index (χ0n) is 12.1. The summed E-state index contributed by atoms with van der Waals surface area (Å²) in [6.45, 7) is 13.9. The molecule has 0 aromatic heterocycles. The van der Waals surface area contributed by atoms with Gasteiger partial charge in [-0.1, -0.05) is 50.6 Å². The first kappa shape index (κ1) is 14.2. The van der Waals surface area contributed by atoms with Crippen molar-refractivity contribution < 1.29 is 4.74 Å². The Morgan fingerprint density at radius 3 is 1.94 bits per heavy atom. The highest BCUT2D eigenvalue weighted by molar-refractivity contribution is 5.20. The van der Waals surface area contributed by atoms with Crippen molar-refractivity contribution in [2.75, 3.05) is 0 Å². The third-order valence-electron chi connectivity index (χ3n) is 2.71. The van der Waals surface area contributed by atoms with E-state index in [1.165, 1.54) is 11.1 Å². The van der Waals surface area contributed by atoms with Crippen LogP contribution in [0.15, 0.2) is 24.3 Å². The quantitative estimate of drug-likeness (QED) is 0.732. The van der Waals surface area contributed by atoms with Crippen molar-refractivity contribution in [1.29, 1.82) is 0 Å². The standard InChI is InChI=1S/C16H26O/c1-13-7-9-14(10-8-13)11-17-16(5,6)12-15(2,3)4/h7-10H,11-12H2,1-6H3. The Morgan fingerprint density at radius 2 is 1.47 bits per heavy atom. The van der Waals surface area contributed by atoms with Crippen LogP contribution in [-0.2, 0) is 11.3 Å². The summed E-state index contributed by atoms with van der Waals surface area (Å²) in [6, 6.07) is 8.55. The molecule has 1 rings (SSSR count). The molecule has 0 aliphatic heterocycles. The number of hydrogen-bond donors (Lipinski definition) is 0. The van der Waals surface area contributed by atoms with Gasteiger partial charge in [0.25, 0.3) is 0 Å². The molecule has 96 valence electrons. The normalized spacial score (nSPS) is 12.8. The monoisotopic (exact) mass is 234 g/mol. The van der Waals surface area contributed by atoms with Crippen LogP contribution in [0.4, 0.5) is 0 Å². The van der Waals surface area contributed by atoms with Gasteiger partial charge in [0.1, 0.15) is 0 Å². The van der Waals surface area contributed by atoms with Crippen molar-refractivity contribution in [2.45, 2.75) is 60.2 Å². The van der Waals surface area contributed by atoms with Gasteiger partial charge < -0.3 is 4.74 Å². The third-order valence-corrected chi connectivity index (χ3v) is 2.71. The van der Waals surface area contributed by atoms with Crippen LogP contribution in [0.2, 0.25) is 0 Å². The summed E-state index contributed by atoms with van der Waals surface area (Å²) in [5.41, 5.74) is 2.78. The molecule has 0 N–H and O–H groups in total. The van der Waals surface area contributed by atoms with E-state index in [1.807, 2.05) is 0 Å². The molecule has 1 nitrogen and oxygen atoms in total. The lowest BCUT2D eigenvalue weighted by Crippen LogP contribution is -2.30. The predicted octanol–water partition coefficient (Wildman–Crippen LogP) is 4.73. The number of ether oxygens (including phenoxy) is 1. The second kappa shape index (κ2) is 5.22. The molecule has 17 heavy (non-hydrogen) atoms. The Labute approximate surface area is 106 Å². The fourth-order valence-electron chi connectivity index (χ4n) is 2.29. The molecule has 0 aliphatic carbocycles. The largest absolute Gasteiger partial charge is 0.371 e. The van der Waals surface area contributed by atoms with Gasteiger partial charge in [-0.15, -0.1) is 0 Å². The molecule has 0 aliphatic rings. The van der Waals surface area contributed by atoms with Crippen LogP contribution in [0.5, 0.6) is 0 Å². The highest BCUT2D eigenvalue weighted by Crippen LogP contribution is 2.30. The van der Waals surface area contributed by atoms with E-state index in [4.69, 9.17) is 4.74 Å². The van der Waals surface area contributed by atoms with E-state index in [9.17, 15) is 0 Å². The minimum Gasteiger partial charge on any atom is -0.371 e. The van der Waals surface area contributed by atoms with Crippen molar-refractivity contribution in [1.82, 2.24) is 0 Å². The molecule has 0 saturated carbocycles. The van der Waals surface area contributed by atoms with Crippen LogP contribution in [0.1, 0.15) is 52.2 Å². The van der Waals surface area contributed by atoms with Crippen molar-refractivity contribution >= 4 is 0 Å². The van der Waals surface area contributed by atoms with Gasteiger partial charge in [-0.25, -0.2) is 0 Å². The highest BCUT2D eigenvalue weighted by atomic mass is 16.5. The van der Waals surface area contributed by atoms with Gasteiger partial charge in [0.05, 0.1) is 12.2 Å². The molecule has 0 radical (unpaired) electrons. The summed E-state index contributed by atoms with van der Waals surface area (Å²) in [5, 5.41) is 0. The smallest absolute Gasteiger partial charge is 0.0724 e. The van der Waals surface area contributed by atoms with Gasteiger partial charge in [-0.2, -0.15) is 0 Å². The highest BCUT2D eigenvalue weighted by Gasteiger charge is 2.25. The van der Waals surface area contributed by atoms with E-state index >= 15 is 0 Å². The molecule has 0 heterocycles. The first-order chi connectivity index (χ1) is 7.68. The number of hydrogen-bond acceptors (Lipinski definition) is 1. The molecule has 0 atom stereocenters. The van der Waals surface area contributed by atoms with Crippen LogP contribution >= 0.6 is 0 Å². The SMILES string of the molecule is Cc1ccc(COC(C)(C)CC(C)(C)C)cc1. The lowest BCUT2D eigenvalue weighted by molar-refractivity contribution is -0.0537. The van der Waals surface area contributed by atoms with E-state index < -0.39 is 0 Å². The second-order valence-corrected chi connectivity index (χ2v) is 6.77. The molecule has 0 amide bonds. The average molecular weight is 234 g/mol. The van der Waals surface area contributed by atoms with Gasteiger partial charge in [-0.3, -0.25) is 0 Å². The molecule has 0 fully saturated rings. The van der Waals surface area contributed by atoms with Gasteiger partial charge >= 0.3 is 0 Å². The number of rotatable bonds is 4. The maximum atomic E-state index is 6.03. The Bertz CT molecular complexity index is 341. The molecule has 1 heteroatoms. The first-order valence-electron chi connectivity index (χ1n) is 6.37. The fraction of sp³-hybridized carbons (Fsp3) is 0.625. The van der Waals surface area contributed by atoms with Crippen molar-refractivity contribution in [2.24, 2.45) is 5.41 Å². The van der Waals surface area contributed by atoms with Crippen molar-refractivity contribution in [3.8, 4) is 0 Å². The van der Waals surface area contributed by atoms with Crippen LogP contribution in [0, 0.1) is 12.3 Å².